The van der Waals surface area contributed by atoms with Gasteiger partial charge >= 0.3 is 0 Å². The zero-order chi connectivity index (χ0) is 12.8. The molecule has 2 rings (SSSR count). The molecule has 0 amide bonds. The van der Waals surface area contributed by atoms with Crippen molar-refractivity contribution in [1.82, 2.24) is 0 Å². The fourth-order valence-electron chi connectivity index (χ4n) is 1.88. The predicted molar refractivity (Wildman–Crippen MR) is 81.4 cm³/mol. The van der Waals surface area contributed by atoms with Gasteiger partial charge in [0.15, 0.2) is 0 Å². The summed E-state index contributed by atoms with van der Waals surface area (Å²) >= 11 is 1.77. The molecule has 2 aromatic rings. The molecule has 2 aromatic carbocycles. The zero-order valence-corrected chi connectivity index (χ0v) is 11.8. The second kappa shape index (κ2) is 6.50. The minimum absolute atomic E-state index is 0.877. The minimum Gasteiger partial charge on any atom is -0.380 e. The van der Waals surface area contributed by atoms with Gasteiger partial charge in [0.25, 0.3) is 0 Å². The van der Waals surface area contributed by atoms with Gasteiger partial charge in [0.1, 0.15) is 0 Å². The number of hydrogen-bond acceptors (Lipinski definition) is 2. The molecule has 2 heteroatoms. The van der Waals surface area contributed by atoms with Crippen molar-refractivity contribution >= 4 is 17.4 Å². The van der Waals surface area contributed by atoms with Gasteiger partial charge in [-0.15, -0.1) is 11.8 Å². The van der Waals surface area contributed by atoms with Gasteiger partial charge in [0.05, 0.1) is 0 Å². The molecule has 0 fully saturated rings. The summed E-state index contributed by atoms with van der Waals surface area (Å²) in [6.07, 6.45) is 3.21. The largest absolute Gasteiger partial charge is 0.380 e. The molecule has 0 bridgehead atoms. The van der Waals surface area contributed by atoms with Crippen LogP contribution >= 0.6 is 11.8 Å². The second-order valence-electron chi connectivity index (χ2n) is 4.22. The number of anilines is 1. The van der Waals surface area contributed by atoms with Crippen LogP contribution in [0.1, 0.15) is 18.1 Å². The van der Waals surface area contributed by atoms with E-state index in [-0.39, 0.29) is 0 Å². The Bertz CT molecular complexity index is 491. The molecule has 1 N–H and O–H groups in total. The van der Waals surface area contributed by atoms with Crippen molar-refractivity contribution in [1.29, 1.82) is 0 Å². The number of thioether (sulfide) groups is 1. The molecule has 0 heterocycles. The molecule has 0 radical (unpaired) electrons. The molecule has 0 unspecified atom stereocenters. The maximum atomic E-state index is 3.50. The van der Waals surface area contributed by atoms with Crippen LogP contribution in [0.2, 0.25) is 0 Å². The summed E-state index contributed by atoms with van der Waals surface area (Å²) < 4.78 is 0. The SMILES string of the molecule is CCc1ccc(CNc2ccccc2SC)cc1. The van der Waals surface area contributed by atoms with E-state index < -0.39 is 0 Å². The van der Waals surface area contributed by atoms with Crippen LogP contribution in [-0.4, -0.2) is 6.26 Å². The summed E-state index contributed by atoms with van der Waals surface area (Å²) in [5.41, 5.74) is 3.93. The Hall–Kier alpha value is -1.41. The monoisotopic (exact) mass is 257 g/mol. The third kappa shape index (κ3) is 3.30. The lowest BCUT2D eigenvalue weighted by Gasteiger charge is -2.10. The molecular formula is C16H19NS. The van der Waals surface area contributed by atoms with E-state index in [1.165, 1.54) is 21.7 Å². The molecule has 94 valence electrons. The standard InChI is InChI=1S/C16H19NS/c1-3-13-8-10-14(11-9-13)12-17-15-6-4-5-7-16(15)18-2/h4-11,17H,3,12H2,1-2H3. The molecule has 0 atom stereocenters. The normalized spacial score (nSPS) is 10.3. The smallest absolute Gasteiger partial charge is 0.0480 e. The van der Waals surface area contributed by atoms with E-state index in [9.17, 15) is 0 Å². The van der Waals surface area contributed by atoms with Gasteiger partial charge in [-0.3, -0.25) is 0 Å². The highest BCUT2D eigenvalue weighted by Gasteiger charge is 1.99. The number of benzene rings is 2. The van der Waals surface area contributed by atoms with Gasteiger partial charge in [0, 0.05) is 17.1 Å². The van der Waals surface area contributed by atoms with Crippen molar-refractivity contribution < 1.29 is 0 Å². The Labute approximate surface area is 114 Å². The Morgan fingerprint density at radius 2 is 1.61 bits per heavy atom. The summed E-state index contributed by atoms with van der Waals surface area (Å²) in [4.78, 5) is 1.29. The van der Waals surface area contributed by atoms with Gasteiger partial charge < -0.3 is 5.32 Å². The molecule has 0 aliphatic carbocycles. The van der Waals surface area contributed by atoms with E-state index in [4.69, 9.17) is 0 Å². The third-order valence-corrected chi connectivity index (χ3v) is 3.82. The Morgan fingerprint density at radius 1 is 0.944 bits per heavy atom. The molecule has 1 nitrogen and oxygen atoms in total. The third-order valence-electron chi connectivity index (χ3n) is 3.02. The first-order chi connectivity index (χ1) is 8.83. The lowest BCUT2D eigenvalue weighted by Crippen LogP contribution is -2.00. The van der Waals surface area contributed by atoms with Crippen molar-refractivity contribution in [3.63, 3.8) is 0 Å². The summed E-state index contributed by atoms with van der Waals surface area (Å²) in [5, 5.41) is 3.50. The van der Waals surface area contributed by atoms with E-state index >= 15 is 0 Å². The summed E-state index contributed by atoms with van der Waals surface area (Å²) in [6.45, 7) is 3.06. The lowest BCUT2D eigenvalue weighted by atomic mass is 10.1. The maximum Gasteiger partial charge on any atom is 0.0480 e. The molecule has 0 aliphatic heterocycles. The van der Waals surface area contributed by atoms with E-state index in [1.54, 1.807) is 11.8 Å². The Morgan fingerprint density at radius 3 is 2.28 bits per heavy atom. The Balaban J connectivity index is 2.02. The van der Waals surface area contributed by atoms with E-state index in [0.717, 1.165) is 13.0 Å². The van der Waals surface area contributed by atoms with Gasteiger partial charge in [0.2, 0.25) is 0 Å². The summed E-state index contributed by atoms with van der Waals surface area (Å²) in [6, 6.07) is 17.2. The lowest BCUT2D eigenvalue weighted by molar-refractivity contribution is 1.10. The predicted octanol–water partition coefficient (Wildman–Crippen LogP) is 4.58. The van der Waals surface area contributed by atoms with Crippen LogP contribution in [-0.2, 0) is 13.0 Å². The van der Waals surface area contributed by atoms with E-state index in [1.807, 2.05) is 0 Å². The topological polar surface area (TPSA) is 12.0 Å². The van der Waals surface area contributed by atoms with Gasteiger partial charge in [-0.1, -0.05) is 43.3 Å². The first kappa shape index (κ1) is 13.0. The average Bonchev–Trinajstić information content (AvgIpc) is 2.46. The van der Waals surface area contributed by atoms with Crippen LogP contribution in [0.25, 0.3) is 0 Å². The van der Waals surface area contributed by atoms with Crippen molar-refractivity contribution in [3.8, 4) is 0 Å². The zero-order valence-electron chi connectivity index (χ0n) is 10.9. The highest BCUT2D eigenvalue weighted by Crippen LogP contribution is 2.25. The molecule has 0 aliphatic rings. The first-order valence-electron chi connectivity index (χ1n) is 6.28. The fraction of sp³-hybridized carbons (Fsp3) is 0.250. The van der Waals surface area contributed by atoms with Crippen molar-refractivity contribution in [2.24, 2.45) is 0 Å². The van der Waals surface area contributed by atoms with Crippen LogP contribution in [0.5, 0.6) is 0 Å². The highest BCUT2D eigenvalue weighted by atomic mass is 32.2. The van der Waals surface area contributed by atoms with E-state index in [0.29, 0.717) is 0 Å². The van der Waals surface area contributed by atoms with E-state index in [2.05, 4.69) is 67.0 Å². The first-order valence-corrected chi connectivity index (χ1v) is 7.50. The molecule has 0 spiro atoms. The highest BCUT2D eigenvalue weighted by molar-refractivity contribution is 7.98. The number of para-hydroxylation sites is 1. The number of aryl methyl sites for hydroxylation is 1. The molecule has 0 saturated heterocycles. The van der Waals surface area contributed by atoms with Crippen LogP contribution in [0.4, 0.5) is 5.69 Å². The van der Waals surface area contributed by atoms with Crippen LogP contribution in [0, 0.1) is 0 Å². The average molecular weight is 257 g/mol. The summed E-state index contributed by atoms with van der Waals surface area (Å²) in [7, 11) is 0. The van der Waals surface area contributed by atoms with Crippen LogP contribution in [0.15, 0.2) is 53.4 Å². The molecule has 0 saturated carbocycles. The molecular weight excluding hydrogens is 238 g/mol. The second-order valence-corrected chi connectivity index (χ2v) is 5.07. The van der Waals surface area contributed by atoms with Crippen LogP contribution < -0.4 is 5.32 Å². The minimum atomic E-state index is 0.877. The Kier molecular flexibility index (Phi) is 4.71. The number of hydrogen-bond donors (Lipinski definition) is 1. The van der Waals surface area contributed by atoms with Gasteiger partial charge in [-0.2, -0.15) is 0 Å². The number of nitrogens with one attached hydrogen (secondary N) is 1. The van der Waals surface area contributed by atoms with Gasteiger partial charge in [-0.05, 0) is 35.9 Å². The maximum absolute atomic E-state index is 3.50. The van der Waals surface area contributed by atoms with Crippen molar-refractivity contribution in [2.45, 2.75) is 24.8 Å². The van der Waals surface area contributed by atoms with Crippen molar-refractivity contribution in [2.75, 3.05) is 11.6 Å². The fourth-order valence-corrected chi connectivity index (χ4v) is 2.46. The van der Waals surface area contributed by atoms with Crippen molar-refractivity contribution in [3.05, 3.63) is 59.7 Å². The van der Waals surface area contributed by atoms with Crippen LogP contribution in [0.3, 0.4) is 0 Å². The van der Waals surface area contributed by atoms with Gasteiger partial charge in [-0.25, -0.2) is 0 Å². The molecule has 0 aromatic heterocycles. The molecule has 18 heavy (non-hydrogen) atoms. The summed E-state index contributed by atoms with van der Waals surface area (Å²) in [5.74, 6) is 0. The quantitative estimate of drug-likeness (QED) is 0.787. The number of rotatable bonds is 5.